The van der Waals surface area contributed by atoms with Gasteiger partial charge in [-0.25, -0.2) is 4.39 Å². The minimum Gasteiger partial charge on any atom is -0.386 e. The van der Waals surface area contributed by atoms with Crippen molar-refractivity contribution in [3.05, 3.63) is 69.9 Å². The van der Waals surface area contributed by atoms with Crippen LogP contribution in [-0.4, -0.2) is 18.7 Å². The first kappa shape index (κ1) is 17.1. The average molecular weight is 379 g/mol. The molecule has 1 N–H and O–H groups in total. The lowest BCUT2D eigenvalue weighted by Gasteiger charge is -2.15. The van der Waals surface area contributed by atoms with E-state index in [1.54, 1.807) is 18.2 Å². The largest absolute Gasteiger partial charge is 0.386 e. The van der Waals surface area contributed by atoms with Crippen LogP contribution in [0.1, 0.15) is 24.1 Å². The Morgan fingerprint density at radius 2 is 2.00 bits per heavy atom. The summed E-state index contributed by atoms with van der Waals surface area (Å²) in [6, 6.07) is 13.6. The maximum Gasteiger partial charge on any atom is 0.261 e. The Kier molecular flexibility index (Phi) is 6.29. The molecule has 0 unspecified atom stereocenters. The molecule has 0 fully saturated rings. The van der Waals surface area contributed by atoms with Gasteiger partial charge in [-0.05, 0) is 24.6 Å². The zero-order valence-electron chi connectivity index (χ0n) is 12.5. The predicted molar refractivity (Wildman–Crippen MR) is 90.6 cm³/mol. The van der Waals surface area contributed by atoms with Crippen molar-refractivity contribution in [2.24, 2.45) is 5.16 Å². The highest BCUT2D eigenvalue weighted by atomic mass is 79.9. The Morgan fingerprint density at radius 3 is 2.74 bits per heavy atom. The molecule has 0 aromatic heterocycles. The van der Waals surface area contributed by atoms with Crippen LogP contribution < -0.4 is 5.32 Å². The second-order valence-electron chi connectivity index (χ2n) is 4.84. The topological polar surface area (TPSA) is 50.7 Å². The number of oxime groups is 1. The predicted octanol–water partition coefficient (Wildman–Crippen LogP) is 3.82. The van der Waals surface area contributed by atoms with Gasteiger partial charge in [0, 0.05) is 10.0 Å². The van der Waals surface area contributed by atoms with Gasteiger partial charge in [0.05, 0.1) is 12.3 Å². The number of carbonyl (C=O) groups excluding carboxylic acids is 1. The fourth-order valence-electron chi connectivity index (χ4n) is 1.96. The van der Waals surface area contributed by atoms with Crippen LogP contribution in [0.3, 0.4) is 0 Å². The number of nitrogens with zero attached hydrogens (tertiary/aromatic N) is 1. The molecule has 0 aliphatic heterocycles. The van der Waals surface area contributed by atoms with E-state index < -0.39 is 5.82 Å². The summed E-state index contributed by atoms with van der Waals surface area (Å²) in [6.45, 7) is 1.64. The van der Waals surface area contributed by atoms with E-state index >= 15 is 0 Å². The number of halogens is 2. The monoisotopic (exact) mass is 378 g/mol. The molecule has 0 radical (unpaired) electrons. The lowest BCUT2D eigenvalue weighted by Crippen LogP contribution is -2.29. The maximum atomic E-state index is 13.3. The first-order valence-electron chi connectivity index (χ1n) is 7.01. The molecule has 0 saturated carbocycles. The molecule has 0 aliphatic rings. The molecule has 0 aliphatic carbocycles. The fraction of sp³-hybridized carbons (Fsp3) is 0.176. The van der Waals surface area contributed by atoms with E-state index in [9.17, 15) is 9.18 Å². The Bertz CT molecular complexity index is 706. The Labute approximate surface area is 142 Å². The average Bonchev–Trinajstić information content (AvgIpc) is 2.53. The summed E-state index contributed by atoms with van der Waals surface area (Å²) in [4.78, 5) is 16.7. The molecule has 0 bridgehead atoms. The summed E-state index contributed by atoms with van der Waals surface area (Å²) >= 11 is 3.44. The van der Waals surface area contributed by atoms with Gasteiger partial charge in [0.25, 0.3) is 5.91 Å². The first-order valence-corrected chi connectivity index (χ1v) is 7.81. The van der Waals surface area contributed by atoms with Crippen LogP contribution in [0.2, 0.25) is 0 Å². The van der Waals surface area contributed by atoms with E-state index in [0.717, 1.165) is 10.0 Å². The number of rotatable bonds is 6. The van der Waals surface area contributed by atoms with Crippen LogP contribution >= 0.6 is 15.9 Å². The molecule has 2 aromatic carbocycles. The molecule has 6 heteroatoms. The van der Waals surface area contributed by atoms with Gasteiger partial charge in [-0.15, -0.1) is 0 Å². The summed E-state index contributed by atoms with van der Waals surface area (Å²) in [5, 5.41) is 6.41. The third-order valence-electron chi connectivity index (χ3n) is 3.12. The number of benzene rings is 2. The van der Waals surface area contributed by atoms with E-state index in [1.165, 1.54) is 12.3 Å². The van der Waals surface area contributed by atoms with Gasteiger partial charge >= 0.3 is 0 Å². The first-order chi connectivity index (χ1) is 11.1. The highest BCUT2D eigenvalue weighted by Crippen LogP contribution is 2.22. The molecule has 2 rings (SSSR count). The molecule has 1 atom stereocenters. The second-order valence-corrected chi connectivity index (χ2v) is 5.69. The van der Waals surface area contributed by atoms with Crippen LogP contribution in [0.25, 0.3) is 0 Å². The van der Waals surface area contributed by atoms with Crippen molar-refractivity contribution in [1.82, 2.24) is 5.32 Å². The number of carbonyl (C=O) groups is 1. The molecule has 4 nitrogen and oxygen atoms in total. The van der Waals surface area contributed by atoms with Crippen LogP contribution in [0.4, 0.5) is 4.39 Å². The van der Waals surface area contributed by atoms with E-state index in [4.69, 9.17) is 4.84 Å². The summed E-state index contributed by atoms with van der Waals surface area (Å²) < 4.78 is 14.3. The Morgan fingerprint density at radius 1 is 1.30 bits per heavy atom. The smallest absolute Gasteiger partial charge is 0.261 e. The summed E-state index contributed by atoms with van der Waals surface area (Å²) in [7, 11) is 0. The molecule has 0 spiro atoms. The standard InChI is InChI=1S/C17H16BrFN2O2/c1-12(14-7-3-4-8-15(14)18)21-17(22)11-23-20-10-13-6-2-5-9-16(13)19/h2-10,12H,11H2,1H3,(H,21,22)/b20-10-/t12-/m1/s1. The maximum absolute atomic E-state index is 13.3. The zero-order valence-corrected chi connectivity index (χ0v) is 14.1. The summed E-state index contributed by atoms with van der Waals surface area (Å²) in [6.07, 6.45) is 1.24. The van der Waals surface area contributed by atoms with Crippen molar-refractivity contribution < 1.29 is 14.0 Å². The van der Waals surface area contributed by atoms with Crippen LogP contribution in [-0.2, 0) is 9.63 Å². The molecular formula is C17H16BrFN2O2. The molecule has 120 valence electrons. The van der Waals surface area contributed by atoms with Crippen molar-refractivity contribution in [2.75, 3.05) is 6.61 Å². The van der Waals surface area contributed by atoms with Crippen LogP contribution in [0.5, 0.6) is 0 Å². The minimum atomic E-state index is -0.396. The lowest BCUT2D eigenvalue weighted by molar-refractivity contribution is -0.126. The van der Waals surface area contributed by atoms with Gasteiger partial charge in [0.15, 0.2) is 6.61 Å². The van der Waals surface area contributed by atoms with Crippen LogP contribution in [0.15, 0.2) is 58.2 Å². The van der Waals surface area contributed by atoms with E-state index in [2.05, 4.69) is 26.4 Å². The van der Waals surface area contributed by atoms with Crippen molar-refractivity contribution >= 4 is 28.1 Å². The fourth-order valence-corrected chi connectivity index (χ4v) is 2.59. The zero-order chi connectivity index (χ0) is 16.7. The third kappa shape index (κ3) is 5.17. The number of hydrogen-bond acceptors (Lipinski definition) is 3. The lowest BCUT2D eigenvalue weighted by atomic mass is 10.1. The minimum absolute atomic E-state index is 0.169. The highest BCUT2D eigenvalue weighted by molar-refractivity contribution is 9.10. The molecule has 1 amide bonds. The van der Waals surface area contributed by atoms with Crippen LogP contribution in [0, 0.1) is 5.82 Å². The Hall–Kier alpha value is -2.21. The molecule has 2 aromatic rings. The van der Waals surface area contributed by atoms with Crippen molar-refractivity contribution in [2.45, 2.75) is 13.0 Å². The molecular weight excluding hydrogens is 363 g/mol. The molecule has 0 saturated heterocycles. The normalized spacial score (nSPS) is 12.1. The van der Waals surface area contributed by atoms with Crippen molar-refractivity contribution in [3.63, 3.8) is 0 Å². The van der Waals surface area contributed by atoms with E-state index in [-0.39, 0.29) is 18.6 Å². The van der Waals surface area contributed by atoms with E-state index in [1.807, 2.05) is 31.2 Å². The summed E-state index contributed by atoms with van der Waals surface area (Å²) in [5.41, 5.74) is 1.27. The van der Waals surface area contributed by atoms with Gasteiger partial charge in [-0.1, -0.05) is 57.5 Å². The number of hydrogen-bond donors (Lipinski definition) is 1. The number of amides is 1. The quantitative estimate of drug-likeness (QED) is 0.613. The third-order valence-corrected chi connectivity index (χ3v) is 3.84. The Balaban J connectivity index is 1.81. The van der Waals surface area contributed by atoms with Gasteiger partial charge in [0.2, 0.25) is 0 Å². The van der Waals surface area contributed by atoms with Gasteiger partial charge in [-0.2, -0.15) is 0 Å². The highest BCUT2D eigenvalue weighted by Gasteiger charge is 2.12. The SMILES string of the molecule is C[C@@H](NC(=O)CO/N=C\c1ccccc1F)c1ccccc1Br. The summed E-state index contributed by atoms with van der Waals surface area (Å²) in [5.74, 6) is -0.703. The molecule has 23 heavy (non-hydrogen) atoms. The second kappa shape index (κ2) is 8.43. The van der Waals surface area contributed by atoms with Crippen molar-refractivity contribution in [3.8, 4) is 0 Å². The van der Waals surface area contributed by atoms with E-state index in [0.29, 0.717) is 5.56 Å². The van der Waals surface area contributed by atoms with Crippen molar-refractivity contribution in [1.29, 1.82) is 0 Å². The van der Waals surface area contributed by atoms with Gasteiger partial charge < -0.3 is 10.2 Å². The number of nitrogens with one attached hydrogen (secondary N) is 1. The van der Waals surface area contributed by atoms with Gasteiger partial charge in [0.1, 0.15) is 5.82 Å². The molecule has 0 heterocycles. The van der Waals surface area contributed by atoms with Gasteiger partial charge in [-0.3, -0.25) is 4.79 Å².